The van der Waals surface area contributed by atoms with Crippen molar-refractivity contribution >= 4 is 27.8 Å². The monoisotopic (exact) mass is 322 g/mol. The van der Waals surface area contributed by atoms with Gasteiger partial charge in [0, 0.05) is 0 Å². The number of hydrogen-bond acceptors (Lipinski definition) is 6. The molecule has 1 unspecified atom stereocenters. The van der Waals surface area contributed by atoms with E-state index in [2.05, 4.69) is 15.4 Å². The van der Waals surface area contributed by atoms with Gasteiger partial charge in [0.1, 0.15) is 6.04 Å². The SMILES string of the molecule is COC(=O)C[C@H](NC(=O)NC1(C)CCS(=O)(=O)C1)C(=O)O. The van der Waals surface area contributed by atoms with Crippen molar-refractivity contribution in [2.24, 2.45) is 0 Å². The third kappa shape index (κ3) is 5.21. The molecule has 9 nitrogen and oxygen atoms in total. The molecule has 1 aliphatic rings. The topological polar surface area (TPSA) is 139 Å². The van der Waals surface area contributed by atoms with Gasteiger partial charge in [0.2, 0.25) is 0 Å². The molecule has 0 aromatic carbocycles. The summed E-state index contributed by atoms with van der Waals surface area (Å²) >= 11 is 0. The standard InChI is InChI=1S/C11H18N2O7S/c1-11(3-4-21(18,19)6-11)13-10(17)12-7(9(15)16)5-8(14)20-2/h7H,3-6H2,1-2H3,(H,15,16)(H2,12,13,17)/t7-,11?/m0/s1. The Kier molecular flexibility index (Phi) is 5.15. The Morgan fingerprint density at radius 1 is 1.38 bits per heavy atom. The van der Waals surface area contributed by atoms with Crippen LogP contribution in [-0.2, 0) is 24.2 Å². The molecule has 1 fully saturated rings. The summed E-state index contributed by atoms with van der Waals surface area (Å²) in [4.78, 5) is 33.8. The summed E-state index contributed by atoms with van der Waals surface area (Å²) in [6.07, 6.45) is -0.272. The predicted octanol–water partition coefficient (Wildman–Crippen LogP) is -1.12. The lowest BCUT2D eigenvalue weighted by Gasteiger charge is -2.25. The van der Waals surface area contributed by atoms with Crippen molar-refractivity contribution in [2.45, 2.75) is 31.3 Å². The lowest BCUT2D eigenvalue weighted by atomic mass is 10.0. The number of rotatable bonds is 5. The molecule has 1 saturated heterocycles. The molecule has 1 heterocycles. The fraction of sp³-hybridized carbons (Fsp3) is 0.727. The molecule has 10 heteroatoms. The second-order valence-electron chi connectivity index (χ2n) is 5.17. The molecular weight excluding hydrogens is 304 g/mol. The highest BCUT2D eigenvalue weighted by Gasteiger charge is 2.40. The first-order chi connectivity index (χ1) is 9.57. The van der Waals surface area contributed by atoms with E-state index < -0.39 is 45.8 Å². The minimum absolute atomic E-state index is 0.0334. The van der Waals surface area contributed by atoms with Crippen LogP contribution in [-0.4, -0.2) is 61.7 Å². The Morgan fingerprint density at radius 2 is 2.00 bits per heavy atom. The van der Waals surface area contributed by atoms with Crippen LogP contribution in [0.1, 0.15) is 19.8 Å². The Bertz CT molecular complexity index is 545. The van der Waals surface area contributed by atoms with Crippen molar-refractivity contribution in [1.82, 2.24) is 10.6 Å². The number of carboxylic acids is 1. The largest absolute Gasteiger partial charge is 0.480 e. The molecule has 2 amide bonds. The van der Waals surface area contributed by atoms with E-state index in [9.17, 15) is 22.8 Å². The van der Waals surface area contributed by atoms with E-state index >= 15 is 0 Å². The maximum absolute atomic E-state index is 11.8. The van der Waals surface area contributed by atoms with E-state index in [1.165, 1.54) is 0 Å². The van der Waals surface area contributed by atoms with Gasteiger partial charge in [0.05, 0.1) is 30.6 Å². The summed E-state index contributed by atoms with van der Waals surface area (Å²) in [5.74, 6) is -2.41. The first kappa shape index (κ1) is 17.2. The Balaban J connectivity index is 2.63. The van der Waals surface area contributed by atoms with E-state index in [0.29, 0.717) is 0 Å². The van der Waals surface area contributed by atoms with Gasteiger partial charge < -0.3 is 20.5 Å². The van der Waals surface area contributed by atoms with Gasteiger partial charge in [-0.2, -0.15) is 0 Å². The van der Waals surface area contributed by atoms with E-state index in [-0.39, 0.29) is 17.9 Å². The highest BCUT2D eigenvalue weighted by molar-refractivity contribution is 7.91. The summed E-state index contributed by atoms with van der Waals surface area (Å²) in [5.41, 5.74) is -0.947. The molecule has 2 atom stereocenters. The second-order valence-corrected chi connectivity index (χ2v) is 7.36. The van der Waals surface area contributed by atoms with E-state index in [4.69, 9.17) is 5.11 Å². The first-order valence-electron chi connectivity index (χ1n) is 6.16. The van der Waals surface area contributed by atoms with Gasteiger partial charge in [-0.1, -0.05) is 0 Å². The Labute approximate surface area is 122 Å². The molecule has 0 aromatic heterocycles. The fourth-order valence-corrected chi connectivity index (χ4v) is 4.12. The number of hydrogen-bond donors (Lipinski definition) is 3. The maximum atomic E-state index is 11.8. The quantitative estimate of drug-likeness (QED) is 0.545. The van der Waals surface area contributed by atoms with Crippen molar-refractivity contribution < 1.29 is 32.6 Å². The molecule has 21 heavy (non-hydrogen) atoms. The van der Waals surface area contributed by atoms with Gasteiger partial charge in [0.15, 0.2) is 9.84 Å². The molecule has 0 radical (unpaired) electrons. The zero-order valence-electron chi connectivity index (χ0n) is 11.7. The number of aliphatic carboxylic acids is 1. The lowest BCUT2D eigenvalue weighted by Crippen LogP contribution is -2.54. The maximum Gasteiger partial charge on any atom is 0.326 e. The van der Waals surface area contributed by atoms with Crippen molar-refractivity contribution in [3.8, 4) is 0 Å². The van der Waals surface area contributed by atoms with Crippen molar-refractivity contribution in [3.63, 3.8) is 0 Å². The predicted molar refractivity (Wildman–Crippen MR) is 71.4 cm³/mol. The molecule has 1 aliphatic heterocycles. The minimum Gasteiger partial charge on any atom is -0.480 e. The van der Waals surface area contributed by atoms with E-state index in [0.717, 1.165) is 7.11 Å². The molecule has 1 rings (SSSR count). The van der Waals surface area contributed by atoms with Crippen LogP contribution in [0.15, 0.2) is 0 Å². The van der Waals surface area contributed by atoms with Gasteiger partial charge in [-0.3, -0.25) is 4.79 Å². The lowest BCUT2D eigenvalue weighted by molar-refractivity contribution is -0.147. The van der Waals surface area contributed by atoms with Crippen molar-refractivity contribution in [3.05, 3.63) is 0 Å². The summed E-state index contributed by atoms with van der Waals surface area (Å²) in [6.45, 7) is 1.56. The van der Waals surface area contributed by atoms with Gasteiger partial charge >= 0.3 is 18.0 Å². The van der Waals surface area contributed by atoms with E-state index in [1.807, 2.05) is 0 Å². The second kappa shape index (κ2) is 6.29. The minimum atomic E-state index is -3.20. The zero-order chi connectivity index (χ0) is 16.3. The number of esters is 1. The highest BCUT2D eigenvalue weighted by Crippen LogP contribution is 2.22. The van der Waals surface area contributed by atoms with Crippen LogP contribution in [0, 0.1) is 0 Å². The Hall–Kier alpha value is -1.84. The van der Waals surface area contributed by atoms with Crippen LogP contribution in [0.3, 0.4) is 0 Å². The summed E-state index contributed by atoms with van der Waals surface area (Å²) in [7, 11) is -2.10. The average molecular weight is 322 g/mol. The van der Waals surface area contributed by atoms with Crippen LogP contribution in [0.5, 0.6) is 0 Å². The summed E-state index contributed by atoms with van der Waals surface area (Å²) in [5, 5.41) is 13.5. The average Bonchev–Trinajstić information content (AvgIpc) is 2.61. The number of carbonyl (C=O) groups is 3. The van der Waals surface area contributed by atoms with Gasteiger partial charge in [-0.25, -0.2) is 18.0 Å². The number of urea groups is 1. The van der Waals surface area contributed by atoms with Gasteiger partial charge in [0.25, 0.3) is 0 Å². The molecule has 0 bridgehead atoms. The third-order valence-electron chi connectivity index (χ3n) is 3.12. The van der Waals surface area contributed by atoms with Crippen LogP contribution in [0.4, 0.5) is 4.79 Å². The number of sulfone groups is 1. The van der Waals surface area contributed by atoms with Gasteiger partial charge in [-0.15, -0.1) is 0 Å². The number of amides is 2. The molecule has 0 aliphatic carbocycles. The summed E-state index contributed by atoms with van der Waals surface area (Å²) < 4.78 is 27.2. The molecule has 3 N–H and O–H groups in total. The number of ether oxygens (including phenoxy) is 1. The van der Waals surface area contributed by atoms with E-state index in [1.54, 1.807) is 6.92 Å². The van der Waals surface area contributed by atoms with Crippen LogP contribution < -0.4 is 10.6 Å². The van der Waals surface area contributed by atoms with Gasteiger partial charge in [-0.05, 0) is 13.3 Å². The highest BCUT2D eigenvalue weighted by atomic mass is 32.2. The third-order valence-corrected chi connectivity index (χ3v) is 5.02. The normalized spacial score (nSPS) is 24.9. The molecule has 0 aromatic rings. The van der Waals surface area contributed by atoms with Crippen LogP contribution in [0.2, 0.25) is 0 Å². The molecule has 120 valence electrons. The van der Waals surface area contributed by atoms with Crippen LogP contribution >= 0.6 is 0 Å². The number of nitrogens with one attached hydrogen (secondary N) is 2. The van der Waals surface area contributed by atoms with Crippen molar-refractivity contribution in [2.75, 3.05) is 18.6 Å². The Morgan fingerprint density at radius 3 is 2.43 bits per heavy atom. The number of carbonyl (C=O) groups excluding carboxylic acids is 2. The number of methoxy groups -OCH3 is 1. The van der Waals surface area contributed by atoms with Crippen LogP contribution in [0.25, 0.3) is 0 Å². The molecular formula is C11H18N2O7S. The van der Waals surface area contributed by atoms with Crippen molar-refractivity contribution in [1.29, 1.82) is 0 Å². The molecule has 0 saturated carbocycles. The summed E-state index contributed by atoms with van der Waals surface area (Å²) in [6, 6.07) is -2.29. The first-order valence-corrected chi connectivity index (χ1v) is 7.98. The smallest absolute Gasteiger partial charge is 0.326 e. The molecule has 0 spiro atoms. The fourth-order valence-electron chi connectivity index (χ4n) is 2.03. The number of carboxylic acid groups (broad SMARTS) is 1. The zero-order valence-corrected chi connectivity index (χ0v) is 12.5.